The fourth-order valence-corrected chi connectivity index (χ4v) is 1.76. The van der Waals surface area contributed by atoms with Crippen molar-refractivity contribution >= 4 is 34.8 Å². The molecule has 0 fully saturated rings. The quantitative estimate of drug-likeness (QED) is 0.859. The van der Waals surface area contributed by atoms with Gasteiger partial charge in [0.15, 0.2) is 5.15 Å². The van der Waals surface area contributed by atoms with Gasteiger partial charge in [-0.1, -0.05) is 23.2 Å². The molecule has 1 N–H and O–H groups in total. The minimum Gasteiger partial charge on any atom is -0.319 e. The van der Waals surface area contributed by atoms with Gasteiger partial charge in [0.1, 0.15) is 0 Å². The Morgan fingerprint density at radius 3 is 2.78 bits per heavy atom. The van der Waals surface area contributed by atoms with E-state index < -0.39 is 0 Å². The molecule has 18 heavy (non-hydrogen) atoms. The second-order valence-electron chi connectivity index (χ2n) is 3.59. The Hall–Kier alpha value is -1.65. The monoisotopic (exact) mass is 281 g/mol. The molecule has 0 radical (unpaired) electrons. The molecule has 4 nitrogen and oxygen atoms in total. The fraction of sp³-hybridized carbons (Fsp3) is 0.0833. The van der Waals surface area contributed by atoms with Gasteiger partial charge in [-0.3, -0.25) is 9.78 Å². The standard InChI is InChI=1S/C12H9Cl2N3O/c1-7-9(13)6-16-11(14)10(7)17-12(18)8-3-2-4-15-5-8/h2-6H,1H3,(H,17,18). The number of nitrogens with one attached hydrogen (secondary N) is 1. The second kappa shape index (κ2) is 5.33. The minimum absolute atomic E-state index is 0.203. The molecule has 2 aromatic rings. The van der Waals surface area contributed by atoms with Gasteiger partial charge < -0.3 is 5.32 Å². The van der Waals surface area contributed by atoms with Crippen molar-refractivity contribution in [3.8, 4) is 0 Å². The molecule has 0 spiro atoms. The number of nitrogens with zero attached hydrogens (tertiary/aromatic N) is 2. The Morgan fingerprint density at radius 2 is 2.11 bits per heavy atom. The lowest BCUT2D eigenvalue weighted by Gasteiger charge is -2.10. The number of pyridine rings is 2. The van der Waals surface area contributed by atoms with Crippen molar-refractivity contribution in [2.75, 3.05) is 5.32 Å². The second-order valence-corrected chi connectivity index (χ2v) is 4.36. The van der Waals surface area contributed by atoms with Gasteiger partial charge in [-0.2, -0.15) is 0 Å². The lowest BCUT2D eigenvalue weighted by Crippen LogP contribution is -2.13. The van der Waals surface area contributed by atoms with Gasteiger partial charge in [-0.05, 0) is 24.6 Å². The van der Waals surface area contributed by atoms with Gasteiger partial charge in [-0.15, -0.1) is 0 Å². The Balaban J connectivity index is 2.30. The minimum atomic E-state index is -0.308. The van der Waals surface area contributed by atoms with Crippen molar-refractivity contribution in [2.45, 2.75) is 6.92 Å². The van der Waals surface area contributed by atoms with Crippen molar-refractivity contribution in [1.29, 1.82) is 0 Å². The highest BCUT2D eigenvalue weighted by Gasteiger charge is 2.13. The molecule has 1 amide bonds. The zero-order chi connectivity index (χ0) is 13.1. The molecular formula is C12H9Cl2N3O. The van der Waals surface area contributed by atoms with E-state index in [0.29, 0.717) is 21.8 Å². The van der Waals surface area contributed by atoms with Crippen LogP contribution in [0.1, 0.15) is 15.9 Å². The zero-order valence-electron chi connectivity index (χ0n) is 9.45. The van der Waals surface area contributed by atoms with E-state index in [1.807, 2.05) is 0 Å². The smallest absolute Gasteiger partial charge is 0.257 e. The molecule has 2 heterocycles. The summed E-state index contributed by atoms with van der Waals surface area (Å²) < 4.78 is 0. The largest absolute Gasteiger partial charge is 0.319 e. The third-order valence-corrected chi connectivity index (χ3v) is 3.06. The average Bonchev–Trinajstić information content (AvgIpc) is 2.40. The molecule has 0 aliphatic heterocycles. The molecule has 6 heteroatoms. The lowest BCUT2D eigenvalue weighted by atomic mass is 10.2. The molecule has 2 rings (SSSR count). The number of carbonyl (C=O) groups excluding carboxylic acids is 1. The van der Waals surface area contributed by atoms with Crippen molar-refractivity contribution in [3.05, 3.63) is 52.0 Å². The summed E-state index contributed by atoms with van der Waals surface area (Å²) in [5, 5.41) is 3.33. The van der Waals surface area contributed by atoms with E-state index in [2.05, 4.69) is 15.3 Å². The Kier molecular flexibility index (Phi) is 3.79. The summed E-state index contributed by atoms with van der Waals surface area (Å²) in [6, 6.07) is 3.34. The van der Waals surface area contributed by atoms with Crippen LogP contribution >= 0.6 is 23.2 Å². The number of aromatic nitrogens is 2. The summed E-state index contributed by atoms with van der Waals surface area (Å²) in [5.74, 6) is -0.308. The van der Waals surface area contributed by atoms with E-state index in [1.54, 1.807) is 25.3 Å². The van der Waals surface area contributed by atoms with Gasteiger partial charge in [-0.25, -0.2) is 4.98 Å². The van der Waals surface area contributed by atoms with E-state index in [9.17, 15) is 4.79 Å². The molecule has 0 aliphatic rings. The SMILES string of the molecule is Cc1c(Cl)cnc(Cl)c1NC(=O)c1cccnc1. The Bertz CT molecular complexity index is 587. The summed E-state index contributed by atoms with van der Waals surface area (Å²) in [4.78, 5) is 19.7. The topological polar surface area (TPSA) is 54.9 Å². The highest BCUT2D eigenvalue weighted by molar-refractivity contribution is 6.35. The van der Waals surface area contributed by atoms with E-state index in [1.165, 1.54) is 12.4 Å². The first-order chi connectivity index (χ1) is 8.59. The molecule has 0 unspecified atom stereocenters. The summed E-state index contributed by atoms with van der Waals surface area (Å²) in [7, 11) is 0. The Labute approximate surface area is 114 Å². The van der Waals surface area contributed by atoms with Crippen molar-refractivity contribution < 1.29 is 4.79 Å². The van der Waals surface area contributed by atoms with Crippen molar-refractivity contribution in [3.63, 3.8) is 0 Å². The van der Waals surface area contributed by atoms with Crippen LogP contribution in [0, 0.1) is 6.92 Å². The number of halogens is 2. The van der Waals surface area contributed by atoms with Crippen molar-refractivity contribution in [1.82, 2.24) is 9.97 Å². The van der Waals surface area contributed by atoms with Crippen LogP contribution in [0.15, 0.2) is 30.7 Å². The van der Waals surface area contributed by atoms with Crippen LogP contribution in [0.25, 0.3) is 0 Å². The number of hydrogen-bond donors (Lipinski definition) is 1. The highest BCUT2D eigenvalue weighted by Crippen LogP contribution is 2.29. The van der Waals surface area contributed by atoms with Gasteiger partial charge in [0.05, 0.1) is 16.3 Å². The lowest BCUT2D eigenvalue weighted by molar-refractivity contribution is 0.102. The number of anilines is 1. The van der Waals surface area contributed by atoms with Crippen LogP contribution in [-0.2, 0) is 0 Å². The third-order valence-electron chi connectivity index (χ3n) is 2.39. The predicted octanol–water partition coefficient (Wildman–Crippen LogP) is 3.34. The van der Waals surface area contributed by atoms with Crippen LogP contribution < -0.4 is 5.32 Å². The molecule has 92 valence electrons. The highest BCUT2D eigenvalue weighted by atomic mass is 35.5. The molecule has 0 atom stereocenters. The van der Waals surface area contributed by atoms with Gasteiger partial charge >= 0.3 is 0 Å². The Morgan fingerprint density at radius 1 is 1.33 bits per heavy atom. The van der Waals surface area contributed by atoms with Crippen LogP contribution in [0.4, 0.5) is 5.69 Å². The normalized spacial score (nSPS) is 10.2. The maximum atomic E-state index is 11.9. The number of rotatable bonds is 2. The summed E-state index contributed by atoms with van der Waals surface area (Å²) >= 11 is 11.9. The third kappa shape index (κ3) is 2.60. The first-order valence-electron chi connectivity index (χ1n) is 5.11. The zero-order valence-corrected chi connectivity index (χ0v) is 11.0. The summed E-state index contributed by atoms with van der Waals surface area (Å²) in [6.45, 7) is 1.76. The summed E-state index contributed by atoms with van der Waals surface area (Å²) in [6.07, 6.45) is 4.51. The molecule has 2 aromatic heterocycles. The molecule has 0 aromatic carbocycles. The van der Waals surface area contributed by atoms with Gasteiger partial charge in [0.2, 0.25) is 0 Å². The first kappa shape index (κ1) is 12.8. The van der Waals surface area contributed by atoms with E-state index >= 15 is 0 Å². The molecule has 0 aliphatic carbocycles. The van der Waals surface area contributed by atoms with Gasteiger partial charge in [0.25, 0.3) is 5.91 Å². The van der Waals surface area contributed by atoms with Crippen molar-refractivity contribution in [2.24, 2.45) is 0 Å². The van der Waals surface area contributed by atoms with Crippen LogP contribution in [-0.4, -0.2) is 15.9 Å². The van der Waals surface area contributed by atoms with Crippen LogP contribution in [0.2, 0.25) is 10.2 Å². The van der Waals surface area contributed by atoms with Crippen LogP contribution in [0.3, 0.4) is 0 Å². The molecule has 0 saturated heterocycles. The number of amides is 1. The number of carbonyl (C=O) groups is 1. The maximum Gasteiger partial charge on any atom is 0.257 e. The van der Waals surface area contributed by atoms with E-state index in [4.69, 9.17) is 23.2 Å². The maximum absolute atomic E-state index is 11.9. The molecule has 0 bridgehead atoms. The van der Waals surface area contributed by atoms with E-state index in [0.717, 1.165) is 0 Å². The van der Waals surface area contributed by atoms with E-state index in [-0.39, 0.29) is 11.1 Å². The number of hydrogen-bond acceptors (Lipinski definition) is 3. The van der Waals surface area contributed by atoms with Gasteiger partial charge in [0, 0.05) is 18.6 Å². The first-order valence-corrected chi connectivity index (χ1v) is 5.87. The molecular weight excluding hydrogens is 273 g/mol. The fourth-order valence-electron chi connectivity index (χ4n) is 1.38. The van der Waals surface area contributed by atoms with Crippen LogP contribution in [0.5, 0.6) is 0 Å². The average molecular weight is 282 g/mol. The summed E-state index contributed by atoms with van der Waals surface area (Å²) in [5.41, 5.74) is 1.53. The molecule has 0 saturated carbocycles. The predicted molar refractivity (Wildman–Crippen MR) is 71.2 cm³/mol.